The van der Waals surface area contributed by atoms with E-state index in [1.165, 1.54) is 16.8 Å². The van der Waals surface area contributed by atoms with E-state index in [0.717, 1.165) is 5.56 Å². The zero-order valence-corrected chi connectivity index (χ0v) is 10.5. The minimum absolute atomic E-state index is 0.00446. The smallest absolute Gasteiger partial charge is 0.303 e. The van der Waals surface area contributed by atoms with Crippen molar-refractivity contribution in [2.45, 2.75) is 19.4 Å². The van der Waals surface area contributed by atoms with Crippen LogP contribution in [0.15, 0.2) is 30.5 Å². The number of nitrogens with zero attached hydrogens (tertiary/aromatic N) is 4. The molecular formula is C12H12N4O4. The van der Waals surface area contributed by atoms with Gasteiger partial charge in [0.05, 0.1) is 23.6 Å². The third-order valence-electron chi connectivity index (χ3n) is 2.65. The summed E-state index contributed by atoms with van der Waals surface area (Å²) in [5.74, 6) is -0.891. The predicted molar refractivity (Wildman–Crippen MR) is 68.2 cm³/mol. The molecule has 2 rings (SSSR count). The first-order valence-electron chi connectivity index (χ1n) is 5.89. The lowest BCUT2D eigenvalue weighted by atomic mass is 10.2. The van der Waals surface area contributed by atoms with Gasteiger partial charge in [-0.15, -0.1) is 5.10 Å². The maximum Gasteiger partial charge on any atom is 0.303 e. The van der Waals surface area contributed by atoms with E-state index in [1.807, 2.05) is 0 Å². The molecule has 0 radical (unpaired) electrons. The lowest BCUT2D eigenvalue weighted by molar-refractivity contribution is -0.384. The Morgan fingerprint density at radius 2 is 2.25 bits per heavy atom. The van der Waals surface area contributed by atoms with Crippen molar-refractivity contribution in [3.8, 4) is 0 Å². The van der Waals surface area contributed by atoms with E-state index in [4.69, 9.17) is 5.11 Å². The number of carboxylic acid groups (broad SMARTS) is 1. The Kier molecular flexibility index (Phi) is 4.04. The molecule has 104 valence electrons. The lowest BCUT2D eigenvalue weighted by Gasteiger charge is -2.00. The number of aryl methyl sites for hydroxylation is 1. The molecule has 0 saturated carbocycles. The van der Waals surface area contributed by atoms with Crippen LogP contribution in [-0.4, -0.2) is 31.0 Å². The number of carboxylic acids is 1. The van der Waals surface area contributed by atoms with Crippen molar-refractivity contribution in [2.75, 3.05) is 0 Å². The molecule has 0 atom stereocenters. The molecule has 0 fully saturated rings. The number of hydrogen-bond donors (Lipinski definition) is 1. The number of rotatable bonds is 6. The highest BCUT2D eigenvalue weighted by atomic mass is 16.6. The molecule has 0 amide bonds. The number of nitro groups is 1. The molecule has 1 aromatic heterocycles. The van der Waals surface area contributed by atoms with Gasteiger partial charge in [-0.25, -0.2) is 4.68 Å². The van der Waals surface area contributed by atoms with Crippen LogP contribution in [0.2, 0.25) is 0 Å². The van der Waals surface area contributed by atoms with Crippen molar-refractivity contribution in [2.24, 2.45) is 0 Å². The van der Waals surface area contributed by atoms with Crippen molar-refractivity contribution in [1.29, 1.82) is 0 Å². The van der Waals surface area contributed by atoms with Crippen molar-refractivity contribution < 1.29 is 14.8 Å². The van der Waals surface area contributed by atoms with Gasteiger partial charge in [0, 0.05) is 24.8 Å². The van der Waals surface area contributed by atoms with Crippen LogP contribution in [0.3, 0.4) is 0 Å². The van der Waals surface area contributed by atoms with Crippen molar-refractivity contribution in [3.63, 3.8) is 0 Å². The average Bonchev–Trinajstić information content (AvgIpc) is 2.84. The fourth-order valence-electron chi connectivity index (χ4n) is 1.72. The molecule has 0 aliphatic rings. The Balaban J connectivity index is 2.04. The first-order chi connectivity index (χ1) is 9.54. The average molecular weight is 276 g/mol. The second-order valence-corrected chi connectivity index (χ2v) is 4.23. The molecule has 1 N–H and O–H groups in total. The van der Waals surface area contributed by atoms with Crippen LogP contribution < -0.4 is 0 Å². The van der Waals surface area contributed by atoms with Gasteiger partial charge in [-0.2, -0.15) is 0 Å². The van der Waals surface area contributed by atoms with Gasteiger partial charge >= 0.3 is 5.97 Å². The highest BCUT2D eigenvalue weighted by Crippen LogP contribution is 2.14. The van der Waals surface area contributed by atoms with E-state index < -0.39 is 10.9 Å². The van der Waals surface area contributed by atoms with E-state index in [2.05, 4.69) is 10.3 Å². The van der Waals surface area contributed by atoms with Gasteiger partial charge in [0.1, 0.15) is 0 Å². The molecular weight excluding hydrogens is 264 g/mol. The zero-order valence-electron chi connectivity index (χ0n) is 10.5. The number of aromatic nitrogens is 3. The summed E-state index contributed by atoms with van der Waals surface area (Å²) in [4.78, 5) is 20.7. The molecule has 0 bridgehead atoms. The van der Waals surface area contributed by atoms with Crippen LogP contribution in [0.4, 0.5) is 5.69 Å². The number of aliphatic carboxylic acids is 1. The first-order valence-corrected chi connectivity index (χ1v) is 5.89. The highest BCUT2D eigenvalue weighted by Gasteiger charge is 2.08. The van der Waals surface area contributed by atoms with E-state index in [1.54, 1.807) is 18.3 Å². The Bertz CT molecular complexity index is 638. The Hall–Kier alpha value is -2.77. The number of carbonyl (C=O) groups is 1. The van der Waals surface area contributed by atoms with Crippen LogP contribution in [0, 0.1) is 10.1 Å². The van der Waals surface area contributed by atoms with Gasteiger partial charge in [-0.05, 0) is 5.56 Å². The second kappa shape index (κ2) is 5.91. The van der Waals surface area contributed by atoms with Gasteiger partial charge in [0.15, 0.2) is 0 Å². The Morgan fingerprint density at radius 1 is 1.45 bits per heavy atom. The van der Waals surface area contributed by atoms with E-state index in [9.17, 15) is 14.9 Å². The second-order valence-electron chi connectivity index (χ2n) is 4.23. The minimum Gasteiger partial charge on any atom is -0.481 e. The highest BCUT2D eigenvalue weighted by molar-refractivity contribution is 5.66. The summed E-state index contributed by atoms with van der Waals surface area (Å²) in [6, 6.07) is 6.25. The van der Waals surface area contributed by atoms with Crippen LogP contribution in [0.25, 0.3) is 0 Å². The van der Waals surface area contributed by atoms with Gasteiger partial charge in [-0.1, -0.05) is 17.3 Å². The van der Waals surface area contributed by atoms with Crippen LogP contribution >= 0.6 is 0 Å². The maximum atomic E-state index is 10.7. The molecule has 0 unspecified atom stereocenters. The Labute approximate surface area is 113 Å². The number of hydrogen-bond acceptors (Lipinski definition) is 5. The number of nitro benzene ring substituents is 1. The maximum absolute atomic E-state index is 10.7. The molecule has 0 aliphatic heterocycles. The third kappa shape index (κ3) is 3.61. The van der Waals surface area contributed by atoms with Crippen LogP contribution in [0.1, 0.15) is 17.7 Å². The molecule has 0 spiro atoms. The monoisotopic (exact) mass is 276 g/mol. The summed E-state index contributed by atoms with van der Waals surface area (Å²) in [7, 11) is 0. The van der Waals surface area contributed by atoms with E-state index in [0.29, 0.717) is 18.7 Å². The van der Waals surface area contributed by atoms with Crippen molar-refractivity contribution >= 4 is 11.7 Å². The normalized spacial score (nSPS) is 10.4. The molecule has 0 aliphatic carbocycles. The topological polar surface area (TPSA) is 111 Å². The van der Waals surface area contributed by atoms with Gasteiger partial charge < -0.3 is 5.11 Å². The molecule has 0 saturated heterocycles. The van der Waals surface area contributed by atoms with Gasteiger partial charge in [0.25, 0.3) is 5.69 Å². The van der Waals surface area contributed by atoms with E-state index >= 15 is 0 Å². The summed E-state index contributed by atoms with van der Waals surface area (Å²) >= 11 is 0. The van der Waals surface area contributed by atoms with Crippen LogP contribution in [0.5, 0.6) is 0 Å². The largest absolute Gasteiger partial charge is 0.481 e. The molecule has 8 nitrogen and oxygen atoms in total. The molecule has 8 heteroatoms. The van der Waals surface area contributed by atoms with Crippen LogP contribution in [-0.2, 0) is 17.8 Å². The van der Waals surface area contributed by atoms with E-state index in [-0.39, 0.29) is 12.1 Å². The third-order valence-corrected chi connectivity index (χ3v) is 2.65. The predicted octanol–water partition coefficient (Wildman–Crippen LogP) is 1.25. The quantitative estimate of drug-likeness (QED) is 0.627. The molecule has 1 heterocycles. The van der Waals surface area contributed by atoms with Crippen molar-refractivity contribution in [3.05, 3.63) is 51.8 Å². The Morgan fingerprint density at radius 3 is 2.95 bits per heavy atom. The molecule has 20 heavy (non-hydrogen) atoms. The zero-order chi connectivity index (χ0) is 14.5. The lowest BCUT2D eigenvalue weighted by Crippen LogP contribution is -2.01. The molecule has 1 aromatic carbocycles. The SMILES string of the molecule is O=C(O)CCc1cn(Cc2cccc([N+](=O)[O-])c2)nn1. The fourth-order valence-corrected chi connectivity index (χ4v) is 1.72. The van der Waals surface area contributed by atoms with Gasteiger partial charge in [-0.3, -0.25) is 14.9 Å². The number of benzene rings is 1. The summed E-state index contributed by atoms with van der Waals surface area (Å²) < 4.78 is 1.52. The number of non-ortho nitro benzene ring substituents is 1. The van der Waals surface area contributed by atoms with Gasteiger partial charge in [0.2, 0.25) is 0 Å². The standard InChI is InChI=1S/C12H12N4O4/c17-12(18)5-4-10-8-15(14-13-10)7-9-2-1-3-11(6-9)16(19)20/h1-3,6,8H,4-5,7H2,(H,17,18). The fraction of sp³-hybridized carbons (Fsp3) is 0.250. The summed E-state index contributed by atoms with van der Waals surface area (Å²) in [6.45, 7) is 0.349. The summed E-state index contributed by atoms with van der Waals surface area (Å²) in [6.07, 6.45) is 1.95. The van der Waals surface area contributed by atoms with Crippen molar-refractivity contribution in [1.82, 2.24) is 15.0 Å². The molecule has 2 aromatic rings. The summed E-state index contributed by atoms with van der Waals surface area (Å²) in [5.41, 5.74) is 1.33. The minimum atomic E-state index is -0.891. The first kappa shape index (κ1) is 13.7. The summed E-state index contributed by atoms with van der Waals surface area (Å²) in [5, 5.41) is 27.0.